The number of halogens is 1. The summed E-state index contributed by atoms with van der Waals surface area (Å²) >= 11 is 0. The van der Waals surface area contributed by atoms with Crippen molar-refractivity contribution in [3.8, 4) is 11.1 Å². The van der Waals surface area contributed by atoms with Crippen molar-refractivity contribution in [2.75, 3.05) is 5.32 Å². The fourth-order valence-electron chi connectivity index (χ4n) is 2.60. The van der Waals surface area contributed by atoms with E-state index >= 15 is 0 Å². The van der Waals surface area contributed by atoms with E-state index in [2.05, 4.69) is 10.4 Å². The van der Waals surface area contributed by atoms with Crippen LogP contribution >= 0.6 is 0 Å². The quantitative estimate of drug-likeness (QED) is 0.787. The number of carbonyl (C=O) groups excluding carboxylic acids is 1. The molecule has 1 aromatic heterocycles. The van der Waals surface area contributed by atoms with Crippen LogP contribution in [0.1, 0.15) is 22.8 Å². The van der Waals surface area contributed by atoms with Crippen molar-refractivity contribution < 1.29 is 9.18 Å². The van der Waals surface area contributed by atoms with Crippen LogP contribution < -0.4 is 5.32 Å². The largest absolute Gasteiger partial charge is 0.319 e. The zero-order chi connectivity index (χ0) is 17.1. The maximum absolute atomic E-state index is 14.5. The van der Waals surface area contributed by atoms with E-state index in [1.165, 1.54) is 6.07 Å². The molecule has 0 spiro atoms. The highest BCUT2D eigenvalue weighted by atomic mass is 19.1. The molecule has 1 heterocycles. The Morgan fingerprint density at radius 2 is 2.00 bits per heavy atom. The predicted octanol–water partition coefficient (Wildman–Crippen LogP) is 4.04. The Morgan fingerprint density at radius 3 is 2.67 bits per heavy atom. The molecule has 122 valence electrons. The van der Waals surface area contributed by atoms with Crippen molar-refractivity contribution in [1.82, 2.24) is 9.78 Å². The maximum Gasteiger partial charge on any atom is 0.256 e. The summed E-state index contributed by atoms with van der Waals surface area (Å²) in [6, 6.07) is 12.1. The Hall–Kier alpha value is -2.95. The first-order chi connectivity index (χ1) is 11.6. The van der Waals surface area contributed by atoms with Crippen LogP contribution in [0.15, 0.2) is 54.9 Å². The van der Waals surface area contributed by atoms with Crippen LogP contribution in [0.5, 0.6) is 0 Å². The van der Waals surface area contributed by atoms with Gasteiger partial charge in [-0.15, -0.1) is 0 Å². The SMILES string of the molecule is CCc1ccc(-c2ccccc2C(=O)Nc2cnn(C)c2)c(F)c1. The molecule has 0 fully saturated rings. The number of benzene rings is 2. The number of hydrogen-bond donors (Lipinski definition) is 1. The first-order valence-corrected chi connectivity index (χ1v) is 7.76. The lowest BCUT2D eigenvalue weighted by molar-refractivity contribution is 0.102. The molecule has 0 aliphatic heterocycles. The van der Waals surface area contributed by atoms with Gasteiger partial charge in [-0.2, -0.15) is 5.10 Å². The van der Waals surface area contributed by atoms with E-state index in [0.717, 1.165) is 12.0 Å². The molecule has 24 heavy (non-hydrogen) atoms. The molecule has 0 atom stereocenters. The number of nitrogens with one attached hydrogen (secondary N) is 1. The highest BCUT2D eigenvalue weighted by Gasteiger charge is 2.16. The third-order valence-corrected chi connectivity index (χ3v) is 3.87. The number of amides is 1. The predicted molar refractivity (Wildman–Crippen MR) is 92.4 cm³/mol. The fourth-order valence-corrected chi connectivity index (χ4v) is 2.60. The number of carbonyl (C=O) groups is 1. The van der Waals surface area contributed by atoms with E-state index in [0.29, 0.717) is 22.4 Å². The molecular formula is C19H18FN3O. The van der Waals surface area contributed by atoms with Gasteiger partial charge in [0.05, 0.1) is 11.9 Å². The van der Waals surface area contributed by atoms with Gasteiger partial charge in [0.2, 0.25) is 0 Å². The van der Waals surface area contributed by atoms with E-state index in [4.69, 9.17) is 0 Å². The molecule has 4 nitrogen and oxygen atoms in total. The second-order valence-electron chi connectivity index (χ2n) is 5.57. The second-order valence-corrected chi connectivity index (χ2v) is 5.57. The van der Waals surface area contributed by atoms with Gasteiger partial charge in [-0.3, -0.25) is 9.48 Å². The first-order valence-electron chi connectivity index (χ1n) is 7.76. The van der Waals surface area contributed by atoms with E-state index in [9.17, 15) is 9.18 Å². The summed E-state index contributed by atoms with van der Waals surface area (Å²) in [6.07, 6.45) is 4.04. The van der Waals surface area contributed by atoms with Crippen LogP contribution in [0.2, 0.25) is 0 Å². The topological polar surface area (TPSA) is 46.9 Å². The van der Waals surface area contributed by atoms with Gasteiger partial charge in [-0.05, 0) is 29.7 Å². The van der Waals surface area contributed by atoms with Crippen molar-refractivity contribution >= 4 is 11.6 Å². The van der Waals surface area contributed by atoms with Crippen LogP contribution in [0.25, 0.3) is 11.1 Å². The minimum atomic E-state index is -0.323. The highest BCUT2D eigenvalue weighted by molar-refractivity contribution is 6.08. The minimum Gasteiger partial charge on any atom is -0.319 e. The van der Waals surface area contributed by atoms with E-state index in [1.807, 2.05) is 13.0 Å². The summed E-state index contributed by atoms with van der Waals surface area (Å²) in [5.41, 5.74) is 2.93. The molecule has 0 saturated carbocycles. The number of rotatable bonds is 4. The molecule has 0 bridgehead atoms. The minimum absolute atomic E-state index is 0.294. The molecule has 2 aromatic carbocycles. The normalized spacial score (nSPS) is 10.6. The van der Waals surface area contributed by atoms with Crippen molar-refractivity contribution in [3.05, 3.63) is 71.8 Å². The summed E-state index contributed by atoms with van der Waals surface area (Å²) in [5, 5.41) is 6.81. The van der Waals surface area contributed by atoms with Crippen molar-refractivity contribution in [2.24, 2.45) is 7.05 Å². The van der Waals surface area contributed by atoms with Gasteiger partial charge < -0.3 is 5.32 Å². The number of aromatic nitrogens is 2. The van der Waals surface area contributed by atoms with E-state index in [1.54, 1.807) is 54.5 Å². The molecule has 0 radical (unpaired) electrons. The molecule has 0 unspecified atom stereocenters. The van der Waals surface area contributed by atoms with Gasteiger partial charge in [0.1, 0.15) is 5.82 Å². The highest BCUT2D eigenvalue weighted by Crippen LogP contribution is 2.28. The summed E-state index contributed by atoms with van der Waals surface area (Å²) < 4.78 is 16.1. The fraction of sp³-hybridized carbons (Fsp3) is 0.158. The Morgan fingerprint density at radius 1 is 1.21 bits per heavy atom. The Balaban J connectivity index is 1.97. The third-order valence-electron chi connectivity index (χ3n) is 3.87. The van der Waals surface area contributed by atoms with Gasteiger partial charge >= 0.3 is 0 Å². The van der Waals surface area contributed by atoms with Crippen molar-refractivity contribution in [3.63, 3.8) is 0 Å². The van der Waals surface area contributed by atoms with Gasteiger partial charge in [0, 0.05) is 24.4 Å². The summed E-state index contributed by atoms with van der Waals surface area (Å²) in [6.45, 7) is 1.98. The number of nitrogens with zero attached hydrogens (tertiary/aromatic N) is 2. The standard InChI is InChI=1S/C19H18FN3O/c1-3-13-8-9-16(18(20)10-13)15-6-4-5-7-17(15)19(24)22-14-11-21-23(2)12-14/h4-12H,3H2,1-2H3,(H,22,24). The molecule has 3 aromatic rings. The van der Waals surface area contributed by atoms with Gasteiger partial charge in [-0.25, -0.2) is 4.39 Å². The monoisotopic (exact) mass is 323 g/mol. The lowest BCUT2D eigenvalue weighted by Crippen LogP contribution is -2.13. The molecule has 1 N–H and O–H groups in total. The van der Waals surface area contributed by atoms with Gasteiger partial charge in [-0.1, -0.05) is 37.3 Å². The maximum atomic E-state index is 14.5. The Labute approximate surface area is 139 Å². The summed E-state index contributed by atoms with van der Waals surface area (Å²) in [4.78, 5) is 12.6. The molecule has 0 saturated heterocycles. The molecule has 0 aliphatic carbocycles. The Bertz CT molecular complexity index is 886. The number of hydrogen-bond acceptors (Lipinski definition) is 2. The summed E-state index contributed by atoms with van der Waals surface area (Å²) in [7, 11) is 1.77. The van der Waals surface area contributed by atoms with Crippen LogP contribution in [-0.2, 0) is 13.5 Å². The van der Waals surface area contributed by atoms with Crippen molar-refractivity contribution in [2.45, 2.75) is 13.3 Å². The first kappa shape index (κ1) is 15.9. The van der Waals surface area contributed by atoms with Crippen LogP contribution in [0.4, 0.5) is 10.1 Å². The lowest BCUT2D eigenvalue weighted by Gasteiger charge is -2.11. The molecule has 3 rings (SSSR count). The molecule has 5 heteroatoms. The molecular weight excluding hydrogens is 305 g/mol. The van der Waals surface area contributed by atoms with E-state index < -0.39 is 0 Å². The average molecular weight is 323 g/mol. The molecule has 0 aliphatic rings. The zero-order valence-electron chi connectivity index (χ0n) is 13.6. The van der Waals surface area contributed by atoms with E-state index in [-0.39, 0.29) is 11.7 Å². The van der Waals surface area contributed by atoms with Crippen LogP contribution in [-0.4, -0.2) is 15.7 Å². The van der Waals surface area contributed by atoms with Gasteiger partial charge in [0.15, 0.2) is 0 Å². The molecule has 1 amide bonds. The second kappa shape index (κ2) is 6.66. The van der Waals surface area contributed by atoms with Crippen LogP contribution in [0, 0.1) is 5.82 Å². The summed E-state index contributed by atoms with van der Waals surface area (Å²) in [5.74, 6) is -0.617. The third kappa shape index (κ3) is 3.20. The average Bonchev–Trinajstić information content (AvgIpc) is 2.99. The number of aryl methyl sites for hydroxylation is 2. The van der Waals surface area contributed by atoms with Gasteiger partial charge in [0.25, 0.3) is 5.91 Å². The van der Waals surface area contributed by atoms with Crippen molar-refractivity contribution in [1.29, 1.82) is 0 Å². The Kier molecular flexibility index (Phi) is 4.42. The zero-order valence-corrected chi connectivity index (χ0v) is 13.6. The van der Waals surface area contributed by atoms with Crippen LogP contribution in [0.3, 0.4) is 0 Å². The smallest absolute Gasteiger partial charge is 0.256 e. The lowest BCUT2D eigenvalue weighted by atomic mass is 9.97. The number of anilines is 1.